The van der Waals surface area contributed by atoms with Crippen LogP contribution in [0.2, 0.25) is 4.34 Å². The molecule has 2 aliphatic carbocycles. The number of hydrogen-bond donors (Lipinski definition) is 4. The van der Waals surface area contributed by atoms with E-state index in [9.17, 15) is 19.8 Å². The van der Waals surface area contributed by atoms with Gasteiger partial charge in [-0.05, 0) is 37.7 Å². The second kappa shape index (κ2) is 8.69. The number of carbonyl (C=O) groups is 2. The van der Waals surface area contributed by atoms with E-state index in [-0.39, 0.29) is 11.8 Å². The molecule has 0 bridgehead atoms. The fourth-order valence-corrected chi connectivity index (χ4v) is 6.35. The van der Waals surface area contributed by atoms with E-state index in [4.69, 9.17) is 11.6 Å². The lowest BCUT2D eigenvalue weighted by atomic mass is 9.78. The van der Waals surface area contributed by atoms with Gasteiger partial charge in [0.2, 0.25) is 5.91 Å². The summed E-state index contributed by atoms with van der Waals surface area (Å²) in [5.41, 5.74) is 1.46. The Kier molecular flexibility index (Phi) is 6.21. The number of fused-ring (bicyclic) bond motifs is 1. The quantitative estimate of drug-likeness (QED) is 0.514. The number of carbonyl (C=O) groups excluding carboxylic acids is 2. The molecule has 0 radical (unpaired) electrons. The highest BCUT2D eigenvalue weighted by Gasteiger charge is 2.36. The molecule has 0 aliphatic heterocycles. The van der Waals surface area contributed by atoms with Gasteiger partial charge in [0.15, 0.2) is 11.4 Å². The Hall–Kier alpha value is -1.52. The van der Waals surface area contributed by atoms with Crippen LogP contribution in [0.1, 0.15) is 52.9 Å². The Bertz CT molecular complexity index is 927. The molecule has 0 aromatic carbocycles. The molecule has 156 valence electrons. The number of aliphatic hydroxyl groups is 2. The van der Waals surface area contributed by atoms with Gasteiger partial charge in [-0.15, -0.1) is 11.3 Å². The Labute approximate surface area is 181 Å². The molecule has 2 aliphatic rings. The van der Waals surface area contributed by atoms with E-state index in [1.54, 1.807) is 0 Å². The molecule has 2 heterocycles. The normalized spacial score (nSPS) is 21.2. The number of aromatic nitrogens is 1. The minimum Gasteiger partial charge on any atom is -0.368 e. The van der Waals surface area contributed by atoms with E-state index in [1.807, 2.05) is 0 Å². The van der Waals surface area contributed by atoms with Gasteiger partial charge in [-0.2, -0.15) is 0 Å². The molecule has 29 heavy (non-hydrogen) atoms. The van der Waals surface area contributed by atoms with Crippen LogP contribution in [0.5, 0.6) is 0 Å². The molecule has 1 saturated carbocycles. The van der Waals surface area contributed by atoms with E-state index in [0.29, 0.717) is 32.9 Å². The number of rotatable bonds is 5. The smallest absolute Gasteiger partial charge is 0.260 e. The molecule has 10 heteroatoms. The van der Waals surface area contributed by atoms with Crippen LogP contribution in [0.3, 0.4) is 0 Å². The van der Waals surface area contributed by atoms with Gasteiger partial charge in [0, 0.05) is 16.7 Å². The molecule has 2 aromatic rings. The minimum absolute atomic E-state index is 0.255. The molecule has 0 saturated heterocycles. The maximum absolute atomic E-state index is 13.0. The maximum Gasteiger partial charge on any atom is 0.260 e. The number of thiazole rings is 1. The van der Waals surface area contributed by atoms with Gasteiger partial charge >= 0.3 is 0 Å². The van der Waals surface area contributed by atoms with E-state index in [1.165, 1.54) is 28.9 Å². The van der Waals surface area contributed by atoms with Crippen molar-refractivity contribution >= 4 is 56.2 Å². The molecule has 0 spiro atoms. The van der Waals surface area contributed by atoms with Crippen LogP contribution >= 0.6 is 34.3 Å². The van der Waals surface area contributed by atoms with Crippen molar-refractivity contribution in [3.8, 4) is 0 Å². The molecular weight excluding hydrogens is 434 g/mol. The van der Waals surface area contributed by atoms with Crippen molar-refractivity contribution in [2.45, 2.75) is 51.2 Å². The number of nitrogens with zero attached hydrogens (tertiary/aromatic N) is 1. The minimum atomic E-state index is -1.52. The first-order valence-electron chi connectivity index (χ1n) is 9.68. The highest BCUT2D eigenvalue weighted by Crippen LogP contribution is 2.41. The summed E-state index contributed by atoms with van der Waals surface area (Å²) >= 11 is 8.51. The summed E-state index contributed by atoms with van der Waals surface area (Å²) in [6.45, 7) is 0. The van der Waals surface area contributed by atoms with Crippen LogP contribution in [0.4, 0.5) is 10.1 Å². The highest BCUT2D eigenvalue weighted by molar-refractivity contribution is 7.19. The van der Waals surface area contributed by atoms with Gasteiger partial charge in [-0.1, -0.05) is 35.8 Å². The first kappa shape index (κ1) is 20.7. The van der Waals surface area contributed by atoms with Crippen molar-refractivity contribution < 1.29 is 19.8 Å². The van der Waals surface area contributed by atoms with Crippen molar-refractivity contribution in [1.29, 1.82) is 0 Å². The molecule has 4 N–H and O–H groups in total. The molecule has 2 aromatic heterocycles. The molecule has 2 unspecified atom stereocenters. The average molecular weight is 456 g/mol. The molecular formula is C19H22ClN3O4S2. The fourth-order valence-electron chi connectivity index (χ4n) is 4.25. The van der Waals surface area contributed by atoms with E-state index in [0.717, 1.165) is 42.5 Å². The molecule has 2 amide bonds. The van der Waals surface area contributed by atoms with Crippen LogP contribution < -0.4 is 10.6 Å². The maximum atomic E-state index is 13.0. The van der Waals surface area contributed by atoms with E-state index < -0.39 is 18.1 Å². The summed E-state index contributed by atoms with van der Waals surface area (Å²) in [7, 11) is 0. The predicted molar refractivity (Wildman–Crippen MR) is 114 cm³/mol. The van der Waals surface area contributed by atoms with Gasteiger partial charge in [0.05, 0.1) is 11.8 Å². The Morgan fingerprint density at radius 3 is 2.66 bits per heavy atom. The first-order chi connectivity index (χ1) is 13.9. The third-order valence-electron chi connectivity index (χ3n) is 5.62. The summed E-state index contributed by atoms with van der Waals surface area (Å²) in [5.74, 6) is -1.53. The Morgan fingerprint density at radius 2 is 1.93 bits per heavy atom. The number of aliphatic hydroxyl groups excluding tert-OH is 1. The average Bonchev–Trinajstić information content (AvgIpc) is 3.37. The van der Waals surface area contributed by atoms with Crippen LogP contribution in [0, 0.1) is 11.8 Å². The summed E-state index contributed by atoms with van der Waals surface area (Å²) in [6, 6.07) is 0. The number of halogens is 1. The van der Waals surface area contributed by atoms with Gasteiger partial charge in [0.25, 0.3) is 5.91 Å². The van der Waals surface area contributed by atoms with Gasteiger partial charge in [-0.25, -0.2) is 4.98 Å². The van der Waals surface area contributed by atoms with Crippen LogP contribution in [0.25, 0.3) is 0 Å². The number of amides is 2. The second-order valence-electron chi connectivity index (χ2n) is 7.44. The molecule has 4 rings (SSSR count). The molecule has 1 fully saturated rings. The summed E-state index contributed by atoms with van der Waals surface area (Å²) in [6.07, 6.45) is 5.60. The third kappa shape index (κ3) is 4.34. The van der Waals surface area contributed by atoms with Crippen molar-refractivity contribution in [2.75, 3.05) is 10.6 Å². The first-order valence-corrected chi connectivity index (χ1v) is 11.7. The summed E-state index contributed by atoms with van der Waals surface area (Å²) in [5, 5.41) is 26.0. The largest absolute Gasteiger partial charge is 0.368 e. The van der Waals surface area contributed by atoms with Gasteiger partial charge in [0.1, 0.15) is 9.34 Å². The Morgan fingerprint density at radius 1 is 1.14 bits per heavy atom. The lowest BCUT2D eigenvalue weighted by Gasteiger charge is -2.31. The number of thiophene rings is 1. The van der Waals surface area contributed by atoms with Crippen molar-refractivity contribution in [1.82, 2.24) is 4.98 Å². The standard InChI is InChI=1S/C19H22ClN3O4S2/c20-13-8-21-19(29-13)23-16(25)14-11-6-3-7-12(11)28-17(14)22-15(24)9-4-1-2-5-10(9)18(26)27/h8-10,18,26-27H,1-7H2,(H,22,24)(H,21,23,25). The zero-order valence-electron chi connectivity index (χ0n) is 15.6. The van der Waals surface area contributed by atoms with Crippen molar-refractivity contribution in [3.05, 3.63) is 26.5 Å². The monoisotopic (exact) mass is 455 g/mol. The number of hydrogen-bond acceptors (Lipinski definition) is 7. The summed E-state index contributed by atoms with van der Waals surface area (Å²) < 4.78 is 0.482. The zero-order valence-corrected chi connectivity index (χ0v) is 18.0. The van der Waals surface area contributed by atoms with Gasteiger partial charge < -0.3 is 15.5 Å². The zero-order chi connectivity index (χ0) is 20.5. The molecule has 2 atom stereocenters. The number of nitrogens with one attached hydrogen (secondary N) is 2. The SMILES string of the molecule is O=C(Nc1ncc(Cl)s1)c1c(NC(=O)C2CCCCC2C(O)O)sc2c1CCC2. The number of aryl methyl sites for hydroxylation is 1. The second-order valence-corrected chi connectivity index (χ2v) is 10.2. The lowest BCUT2D eigenvalue weighted by Crippen LogP contribution is -2.38. The third-order valence-corrected chi connectivity index (χ3v) is 7.86. The van der Waals surface area contributed by atoms with Crippen LogP contribution in [-0.4, -0.2) is 33.3 Å². The van der Waals surface area contributed by atoms with Crippen molar-refractivity contribution in [2.24, 2.45) is 11.8 Å². The summed E-state index contributed by atoms with van der Waals surface area (Å²) in [4.78, 5) is 31.1. The van der Waals surface area contributed by atoms with Gasteiger partial charge in [-0.3, -0.25) is 14.9 Å². The van der Waals surface area contributed by atoms with Crippen LogP contribution in [-0.2, 0) is 17.6 Å². The molecule has 7 nitrogen and oxygen atoms in total. The fraction of sp³-hybridized carbons (Fsp3) is 0.526. The Balaban J connectivity index is 1.57. The van der Waals surface area contributed by atoms with Crippen molar-refractivity contribution in [3.63, 3.8) is 0 Å². The lowest BCUT2D eigenvalue weighted by molar-refractivity contribution is -0.138. The van der Waals surface area contributed by atoms with E-state index in [2.05, 4.69) is 15.6 Å². The predicted octanol–water partition coefficient (Wildman–Crippen LogP) is 3.65. The number of anilines is 2. The highest BCUT2D eigenvalue weighted by atomic mass is 35.5. The topological polar surface area (TPSA) is 112 Å². The van der Waals surface area contributed by atoms with Crippen LogP contribution in [0.15, 0.2) is 6.20 Å². The van der Waals surface area contributed by atoms with E-state index >= 15 is 0 Å².